The molecule has 9 heteroatoms. The van der Waals surface area contributed by atoms with E-state index in [1.807, 2.05) is 6.07 Å². The third-order valence-corrected chi connectivity index (χ3v) is 5.46. The van der Waals surface area contributed by atoms with Gasteiger partial charge in [0.05, 0.1) is 6.61 Å². The molecule has 3 atom stereocenters. The summed E-state index contributed by atoms with van der Waals surface area (Å²) in [5.74, 6) is -0.946. The number of hydrogen-bond donors (Lipinski definition) is 2. The molecule has 1 fully saturated rings. The number of nitrogens with one attached hydrogen (secondary N) is 1. The molecule has 2 N–H and O–H groups in total. The van der Waals surface area contributed by atoms with Crippen LogP contribution in [-0.2, 0) is 19.1 Å². The van der Waals surface area contributed by atoms with Crippen LogP contribution in [0.15, 0.2) is 54.0 Å². The van der Waals surface area contributed by atoms with Crippen molar-refractivity contribution < 1.29 is 29.0 Å². The summed E-state index contributed by atoms with van der Waals surface area (Å²) in [5, 5.41) is 13.3. The maximum atomic E-state index is 12.6. The maximum absolute atomic E-state index is 12.6. The molecule has 1 unspecified atom stereocenters. The smallest absolute Gasteiger partial charge is 0.333 e. The molecule has 2 aliphatic rings. The van der Waals surface area contributed by atoms with E-state index in [2.05, 4.69) is 11.9 Å². The van der Waals surface area contributed by atoms with E-state index in [0.717, 1.165) is 0 Å². The van der Waals surface area contributed by atoms with Crippen LogP contribution in [-0.4, -0.2) is 65.1 Å². The molecule has 0 aromatic heterocycles. The highest BCUT2D eigenvalue weighted by Gasteiger charge is 2.56. The molecular weight excluding hydrogens is 384 g/mol. The minimum absolute atomic E-state index is 0.00483. The van der Waals surface area contributed by atoms with E-state index < -0.39 is 35.2 Å². The van der Waals surface area contributed by atoms with E-state index in [4.69, 9.17) is 9.47 Å². The molecule has 3 rings (SSSR count). The second-order valence-corrected chi connectivity index (χ2v) is 7.08. The van der Waals surface area contributed by atoms with Crippen molar-refractivity contribution in [3.05, 3.63) is 54.0 Å². The first kappa shape index (κ1) is 20.0. The summed E-state index contributed by atoms with van der Waals surface area (Å²) in [5.41, 5.74) is 0.376. The van der Waals surface area contributed by atoms with Crippen LogP contribution >= 0.6 is 11.8 Å². The van der Waals surface area contributed by atoms with Gasteiger partial charge in [0, 0.05) is 0 Å². The molecule has 2 aliphatic heterocycles. The Labute approximate surface area is 166 Å². The number of aliphatic hydroxyl groups excluding tert-OH is 1. The van der Waals surface area contributed by atoms with Crippen molar-refractivity contribution in [3.63, 3.8) is 0 Å². The number of nitrogens with zero attached hydrogens (tertiary/aromatic N) is 1. The van der Waals surface area contributed by atoms with Gasteiger partial charge in [0.2, 0.25) is 5.91 Å². The number of ether oxygens (including phenoxy) is 2. The number of hydrogen-bond acceptors (Lipinski definition) is 7. The molecule has 0 aliphatic carbocycles. The van der Waals surface area contributed by atoms with Gasteiger partial charge in [-0.25, -0.2) is 4.79 Å². The number of esters is 1. The summed E-state index contributed by atoms with van der Waals surface area (Å²) in [6.07, 6.45) is 1.42. The average molecular weight is 404 g/mol. The van der Waals surface area contributed by atoms with Gasteiger partial charge in [-0.05, 0) is 23.1 Å². The summed E-state index contributed by atoms with van der Waals surface area (Å²) < 4.78 is 10.4. The third-order valence-electron chi connectivity index (χ3n) is 4.25. The zero-order valence-corrected chi connectivity index (χ0v) is 15.8. The van der Waals surface area contributed by atoms with Crippen LogP contribution < -0.4 is 10.1 Å². The van der Waals surface area contributed by atoms with Gasteiger partial charge in [0.15, 0.2) is 12.6 Å². The van der Waals surface area contributed by atoms with E-state index >= 15 is 0 Å². The Hall–Kier alpha value is -2.78. The zero-order chi connectivity index (χ0) is 20.1. The Bertz CT molecular complexity index is 797. The topological polar surface area (TPSA) is 105 Å². The first-order chi connectivity index (χ1) is 13.6. The summed E-state index contributed by atoms with van der Waals surface area (Å²) in [6, 6.07) is 7.08. The predicted octanol–water partition coefficient (Wildman–Crippen LogP) is 0.439. The number of β-lactam (4-membered cyclic amide) rings is 1. The minimum Gasteiger partial charge on any atom is -0.484 e. The highest BCUT2D eigenvalue weighted by atomic mass is 32.2. The highest BCUT2D eigenvalue weighted by molar-refractivity contribution is 8.02. The number of rotatable bonds is 8. The van der Waals surface area contributed by atoms with Crippen molar-refractivity contribution >= 4 is 29.5 Å². The lowest BCUT2D eigenvalue weighted by Gasteiger charge is -2.51. The summed E-state index contributed by atoms with van der Waals surface area (Å²) in [4.78, 5) is 38.4. The number of fused-ring (bicyclic) bond motifs is 1. The number of carbonyl (C=O) groups excluding carboxylic acids is 3. The quantitative estimate of drug-likeness (QED) is 0.368. The van der Waals surface area contributed by atoms with Gasteiger partial charge in [0.1, 0.15) is 23.8 Å². The second-order valence-electron chi connectivity index (χ2n) is 6.09. The second kappa shape index (κ2) is 8.94. The van der Waals surface area contributed by atoms with Crippen molar-refractivity contribution in [2.75, 3.05) is 19.8 Å². The number of benzene rings is 1. The molecule has 0 saturated carbocycles. The van der Waals surface area contributed by atoms with Gasteiger partial charge in [-0.3, -0.25) is 9.59 Å². The largest absolute Gasteiger partial charge is 0.484 e. The van der Waals surface area contributed by atoms with Crippen molar-refractivity contribution in [3.8, 4) is 5.75 Å². The maximum Gasteiger partial charge on any atom is 0.333 e. The van der Waals surface area contributed by atoms with E-state index in [0.29, 0.717) is 11.3 Å². The molecule has 0 spiro atoms. The molecule has 0 radical (unpaired) electrons. The van der Waals surface area contributed by atoms with Crippen LogP contribution in [0.3, 0.4) is 0 Å². The van der Waals surface area contributed by atoms with Crippen LogP contribution in [0.25, 0.3) is 0 Å². The normalized spacial score (nSPS) is 23.0. The summed E-state index contributed by atoms with van der Waals surface area (Å²) in [6.45, 7) is 2.88. The molecule has 148 valence electrons. The van der Waals surface area contributed by atoms with Gasteiger partial charge in [-0.1, -0.05) is 30.9 Å². The molecule has 0 bridgehead atoms. The third kappa shape index (κ3) is 4.05. The van der Waals surface area contributed by atoms with E-state index in [-0.39, 0.29) is 19.8 Å². The fourth-order valence-electron chi connectivity index (χ4n) is 2.93. The lowest BCUT2D eigenvalue weighted by molar-refractivity contribution is -0.163. The zero-order valence-electron chi connectivity index (χ0n) is 14.9. The average Bonchev–Trinajstić information content (AvgIpc) is 2.73. The van der Waals surface area contributed by atoms with Crippen LogP contribution in [0.4, 0.5) is 0 Å². The van der Waals surface area contributed by atoms with Gasteiger partial charge in [0.25, 0.3) is 5.91 Å². The number of para-hydroxylation sites is 1. The van der Waals surface area contributed by atoms with Crippen molar-refractivity contribution in [1.29, 1.82) is 0 Å². The van der Waals surface area contributed by atoms with Gasteiger partial charge in [-0.15, -0.1) is 11.8 Å². The SMILES string of the molecule is C=CCOC(=O)C1C(CO)=CS[C@@H]2[C@H](NC(=O)COc3ccccc3)C(=O)N12. The number of carbonyl (C=O) groups is 3. The first-order valence-corrected chi connectivity index (χ1v) is 9.53. The monoisotopic (exact) mass is 404 g/mol. The van der Waals surface area contributed by atoms with E-state index in [9.17, 15) is 19.5 Å². The lowest BCUT2D eigenvalue weighted by atomic mass is 9.98. The van der Waals surface area contributed by atoms with E-state index in [1.165, 1.54) is 22.7 Å². The summed E-state index contributed by atoms with van der Waals surface area (Å²) >= 11 is 1.26. The molecule has 1 aromatic carbocycles. The van der Waals surface area contributed by atoms with Crippen LogP contribution in [0.5, 0.6) is 5.75 Å². The number of amides is 2. The highest BCUT2D eigenvalue weighted by Crippen LogP contribution is 2.40. The number of aliphatic hydroxyl groups is 1. The Kier molecular flexibility index (Phi) is 6.37. The van der Waals surface area contributed by atoms with Crippen LogP contribution in [0.1, 0.15) is 0 Å². The van der Waals surface area contributed by atoms with E-state index in [1.54, 1.807) is 29.7 Å². The van der Waals surface area contributed by atoms with Gasteiger partial charge >= 0.3 is 5.97 Å². The van der Waals surface area contributed by atoms with Gasteiger partial charge in [-0.2, -0.15) is 0 Å². The number of thioether (sulfide) groups is 1. The molecular formula is C19H20N2O6S. The Morgan fingerprint density at radius 2 is 2.07 bits per heavy atom. The van der Waals surface area contributed by atoms with Crippen molar-refractivity contribution in [1.82, 2.24) is 10.2 Å². The van der Waals surface area contributed by atoms with Crippen LogP contribution in [0, 0.1) is 0 Å². The van der Waals surface area contributed by atoms with Crippen molar-refractivity contribution in [2.45, 2.75) is 17.5 Å². The lowest BCUT2D eigenvalue weighted by Crippen LogP contribution is -2.74. The molecule has 2 amide bonds. The minimum atomic E-state index is -1.00. The molecule has 28 heavy (non-hydrogen) atoms. The summed E-state index contributed by atoms with van der Waals surface area (Å²) in [7, 11) is 0. The Morgan fingerprint density at radius 3 is 2.75 bits per heavy atom. The van der Waals surface area contributed by atoms with Crippen molar-refractivity contribution in [2.24, 2.45) is 0 Å². The fraction of sp³-hybridized carbons (Fsp3) is 0.316. The first-order valence-electron chi connectivity index (χ1n) is 8.59. The molecule has 2 heterocycles. The molecule has 1 aromatic rings. The molecule has 8 nitrogen and oxygen atoms in total. The Balaban J connectivity index is 1.61. The van der Waals surface area contributed by atoms with Gasteiger partial charge < -0.3 is 24.8 Å². The predicted molar refractivity (Wildman–Crippen MR) is 102 cm³/mol. The standard InChI is InChI=1S/C19H20N2O6S/c1-2-8-26-19(25)16-12(9-22)11-28-18-15(17(24)21(16)18)20-14(23)10-27-13-6-4-3-5-7-13/h2-7,11,15-16,18,22H,1,8-10H2,(H,20,23)/t15-,16?,18-/m1/s1. The Morgan fingerprint density at radius 1 is 1.32 bits per heavy atom. The molecule has 1 saturated heterocycles. The fourth-order valence-corrected chi connectivity index (χ4v) is 4.14. The van der Waals surface area contributed by atoms with Crippen LogP contribution in [0.2, 0.25) is 0 Å².